The Balaban J connectivity index is 2.48. The molecule has 1 aromatic rings. The second-order valence-electron chi connectivity index (χ2n) is 2.89. The molecule has 0 bridgehead atoms. The van der Waals surface area contributed by atoms with Gasteiger partial charge in [-0.05, 0) is 28.5 Å². The Bertz CT molecular complexity index is 235. The molecule has 2 nitrogen and oxygen atoms in total. The third kappa shape index (κ3) is 3.71. The number of hydrogen-bond donors (Lipinski definition) is 0. The Hall–Kier alpha value is 0.160. The van der Waals surface area contributed by atoms with E-state index in [-0.39, 0.29) is 0 Å². The molecule has 0 spiro atoms. The summed E-state index contributed by atoms with van der Waals surface area (Å²) < 4.78 is 1.08. The van der Waals surface area contributed by atoms with Crippen molar-refractivity contribution in [3.63, 3.8) is 0 Å². The van der Waals surface area contributed by atoms with Crippen LogP contribution < -0.4 is 0 Å². The summed E-state index contributed by atoms with van der Waals surface area (Å²) in [6.45, 7) is 4.39. The molecule has 0 saturated carbocycles. The lowest BCUT2D eigenvalue weighted by Gasteiger charge is -2.01. The van der Waals surface area contributed by atoms with E-state index in [0.717, 1.165) is 14.5 Å². The molecule has 1 aromatic heterocycles. The van der Waals surface area contributed by atoms with Crippen LogP contribution in [0.2, 0.25) is 0 Å². The fourth-order valence-corrected chi connectivity index (χ4v) is 1.63. The fraction of sp³-hybridized carbons (Fsp3) is 0.500. The highest BCUT2D eigenvalue weighted by atomic mass is 127. The van der Waals surface area contributed by atoms with Crippen molar-refractivity contribution in [2.24, 2.45) is 5.92 Å². The van der Waals surface area contributed by atoms with Gasteiger partial charge in [0.15, 0.2) is 5.16 Å². The molecule has 0 aliphatic heterocycles. The van der Waals surface area contributed by atoms with E-state index in [1.54, 1.807) is 11.8 Å². The maximum absolute atomic E-state index is 4.19. The minimum atomic E-state index is 0.692. The molecule has 0 unspecified atom stereocenters. The van der Waals surface area contributed by atoms with E-state index in [9.17, 15) is 0 Å². The highest BCUT2D eigenvalue weighted by Crippen LogP contribution is 2.15. The zero-order valence-corrected chi connectivity index (χ0v) is 10.1. The molecule has 0 aliphatic carbocycles. The lowest BCUT2D eigenvalue weighted by atomic mass is 10.3. The first kappa shape index (κ1) is 10.2. The molecule has 0 N–H and O–H groups in total. The summed E-state index contributed by atoms with van der Waals surface area (Å²) in [6, 6.07) is 0. The van der Waals surface area contributed by atoms with Crippen LogP contribution in [-0.4, -0.2) is 15.7 Å². The number of halogens is 1. The van der Waals surface area contributed by atoms with Gasteiger partial charge in [-0.1, -0.05) is 25.6 Å². The third-order valence-electron chi connectivity index (χ3n) is 1.14. The van der Waals surface area contributed by atoms with Crippen molar-refractivity contribution in [3.8, 4) is 0 Å². The maximum Gasteiger partial charge on any atom is 0.187 e. The lowest BCUT2D eigenvalue weighted by Crippen LogP contribution is -1.93. The summed E-state index contributed by atoms with van der Waals surface area (Å²) in [5.41, 5.74) is 0. The summed E-state index contributed by atoms with van der Waals surface area (Å²) in [5.74, 6) is 1.78. The number of hydrogen-bond acceptors (Lipinski definition) is 3. The van der Waals surface area contributed by atoms with Crippen molar-refractivity contribution in [2.45, 2.75) is 19.0 Å². The van der Waals surface area contributed by atoms with Gasteiger partial charge in [-0.3, -0.25) is 0 Å². The fourth-order valence-electron chi connectivity index (χ4n) is 0.616. The average Bonchev–Trinajstić information content (AvgIpc) is 2.03. The molecule has 66 valence electrons. The van der Waals surface area contributed by atoms with Gasteiger partial charge >= 0.3 is 0 Å². The van der Waals surface area contributed by atoms with Crippen LogP contribution in [0.25, 0.3) is 0 Å². The molecule has 0 atom stereocenters. The van der Waals surface area contributed by atoms with Crippen molar-refractivity contribution >= 4 is 34.4 Å². The molecule has 0 aliphatic rings. The SMILES string of the molecule is CC(C)CSc1ncc(I)cn1. The van der Waals surface area contributed by atoms with Crippen LogP contribution in [0.15, 0.2) is 17.6 Å². The van der Waals surface area contributed by atoms with Crippen LogP contribution in [0.4, 0.5) is 0 Å². The Morgan fingerprint density at radius 1 is 1.42 bits per heavy atom. The molecule has 0 amide bonds. The minimum Gasteiger partial charge on any atom is -0.230 e. The van der Waals surface area contributed by atoms with E-state index in [4.69, 9.17) is 0 Å². The van der Waals surface area contributed by atoms with Crippen LogP contribution in [-0.2, 0) is 0 Å². The van der Waals surface area contributed by atoms with E-state index in [1.165, 1.54) is 0 Å². The van der Waals surface area contributed by atoms with Gasteiger partial charge in [0.2, 0.25) is 0 Å². The van der Waals surface area contributed by atoms with E-state index in [1.807, 2.05) is 12.4 Å². The second-order valence-corrected chi connectivity index (χ2v) is 5.12. The van der Waals surface area contributed by atoms with Gasteiger partial charge in [0.25, 0.3) is 0 Å². The second kappa shape index (κ2) is 5.01. The van der Waals surface area contributed by atoms with Crippen LogP contribution in [0.3, 0.4) is 0 Å². The standard InChI is InChI=1S/C8H11IN2S/c1-6(2)5-12-8-10-3-7(9)4-11-8/h3-4,6H,5H2,1-2H3. The molecule has 0 fully saturated rings. The number of rotatable bonds is 3. The zero-order chi connectivity index (χ0) is 8.97. The van der Waals surface area contributed by atoms with E-state index < -0.39 is 0 Å². The Morgan fingerprint density at radius 3 is 2.50 bits per heavy atom. The molecule has 1 heterocycles. The highest BCUT2D eigenvalue weighted by molar-refractivity contribution is 14.1. The Labute approximate surface area is 90.7 Å². The van der Waals surface area contributed by atoms with Crippen LogP contribution >= 0.6 is 34.4 Å². The molecular formula is C8H11IN2S. The summed E-state index contributed by atoms with van der Waals surface area (Å²) >= 11 is 3.92. The molecule has 0 aromatic carbocycles. The predicted molar refractivity (Wildman–Crippen MR) is 60.3 cm³/mol. The van der Waals surface area contributed by atoms with E-state index in [2.05, 4.69) is 46.4 Å². The summed E-state index contributed by atoms with van der Waals surface area (Å²) in [5, 5.41) is 0.879. The van der Waals surface area contributed by atoms with Gasteiger partial charge in [-0.25, -0.2) is 9.97 Å². The average molecular weight is 294 g/mol. The normalized spacial score (nSPS) is 10.7. The van der Waals surface area contributed by atoms with Gasteiger partial charge in [-0.2, -0.15) is 0 Å². The lowest BCUT2D eigenvalue weighted by molar-refractivity contribution is 0.747. The molecule has 0 radical (unpaired) electrons. The molecule has 1 rings (SSSR count). The van der Waals surface area contributed by atoms with Crippen molar-refractivity contribution in [3.05, 3.63) is 16.0 Å². The van der Waals surface area contributed by atoms with Gasteiger partial charge in [0.05, 0.1) is 0 Å². The first-order valence-corrected chi connectivity index (χ1v) is 5.85. The van der Waals surface area contributed by atoms with Crippen molar-refractivity contribution in [1.82, 2.24) is 9.97 Å². The largest absolute Gasteiger partial charge is 0.230 e. The summed E-state index contributed by atoms with van der Waals surface area (Å²) in [4.78, 5) is 8.39. The quantitative estimate of drug-likeness (QED) is 0.487. The van der Waals surface area contributed by atoms with Gasteiger partial charge in [-0.15, -0.1) is 0 Å². The van der Waals surface area contributed by atoms with E-state index in [0.29, 0.717) is 5.92 Å². The first-order chi connectivity index (χ1) is 5.68. The van der Waals surface area contributed by atoms with Gasteiger partial charge < -0.3 is 0 Å². The molecule has 12 heavy (non-hydrogen) atoms. The monoisotopic (exact) mass is 294 g/mol. The Morgan fingerprint density at radius 2 is 2.00 bits per heavy atom. The smallest absolute Gasteiger partial charge is 0.187 e. The van der Waals surface area contributed by atoms with Crippen molar-refractivity contribution < 1.29 is 0 Å². The van der Waals surface area contributed by atoms with Crippen molar-refractivity contribution in [1.29, 1.82) is 0 Å². The predicted octanol–water partition coefficient (Wildman–Crippen LogP) is 2.83. The zero-order valence-electron chi connectivity index (χ0n) is 7.12. The molecule has 4 heteroatoms. The molecular weight excluding hydrogens is 283 g/mol. The first-order valence-electron chi connectivity index (χ1n) is 3.79. The number of aromatic nitrogens is 2. The van der Waals surface area contributed by atoms with Crippen molar-refractivity contribution in [2.75, 3.05) is 5.75 Å². The van der Waals surface area contributed by atoms with Crippen LogP contribution in [0.5, 0.6) is 0 Å². The topological polar surface area (TPSA) is 25.8 Å². The number of thioether (sulfide) groups is 1. The van der Waals surface area contributed by atoms with Gasteiger partial charge in [0, 0.05) is 21.7 Å². The summed E-state index contributed by atoms with van der Waals surface area (Å²) in [7, 11) is 0. The minimum absolute atomic E-state index is 0.692. The van der Waals surface area contributed by atoms with Gasteiger partial charge in [0.1, 0.15) is 0 Å². The van der Waals surface area contributed by atoms with Crippen LogP contribution in [0, 0.1) is 9.49 Å². The van der Waals surface area contributed by atoms with Crippen LogP contribution in [0.1, 0.15) is 13.8 Å². The van der Waals surface area contributed by atoms with E-state index >= 15 is 0 Å². The Kier molecular flexibility index (Phi) is 4.28. The summed E-state index contributed by atoms with van der Waals surface area (Å²) in [6.07, 6.45) is 3.69. The molecule has 0 saturated heterocycles. The maximum atomic E-state index is 4.19. The third-order valence-corrected chi connectivity index (χ3v) is 3.00. The highest BCUT2D eigenvalue weighted by Gasteiger charge is 1.99. The number of nitrogens with zero attached hydrogens (tertiary/aromatic N) is 2.